The van der Waals surface area contributed by atoms with Gasteiger partial charge in [-0.3, -0.25) is 4.79 Å². The zero-order valence-corrected chi connectivity index (χ0v) is 11.0. The Bertz CT molecular complexity index is 582. The Kier molecular flexibility index (Phi) is 3.66. The number of hydrogen-bond donors (Lipinski definition) is 1. The van der Waals surface area contributed by atoms with Gasteiger partial charge < -0.3 is 14.5 Å². The van der Waals surface area contributed by atoms with Crippen molar-refractivity contribution < 1.29 is 18.3 Å². The van der Waals surface area contributed by atoms with Crippen molar-refractivity contribution in [3.05, 3.63) is 46.6 Å². The molecule has 0 unspecified atom stereocenters. The standard InChI is InChI=1S/C12H9BrFNO3/c1-17-9-5-7(14)4-8(6-9)15-12(16)10-2-3-18-11(10)13/h2-6H,1H3,(H,15,16). The van der Waals surface area contributed by atoms with Crippen molar-refractivity contribution in [2.24, 2.45) is 0 Å². The number of carbonyl (C=O) groups is 1. The maximum Gasteiger partial charge on any atom is 0.260 e. The molecule has 0 aliphatic carbocycles. The number of carbonyl (C=O) groups excluding carboxylic acids is 1. The minimum absolute atomic E-state index is 0.310. The van der Waals surface area contributed by atoms with Gasteiger partial charge in [0.25, 0.3) is 5.91 Å². The van der Waals surface area contributed by atoms with Crippen molar-refractivity contribution in [1.82, 2.24) is 0 Å². The highest BCUT2D eigenvalue weighted by Crippen LogP contribution is 2.22. The van der Waals surface area contributed by atoms with E-state index in [0.717, 1.165) is 0 Å². The molecule has 94 valence electrons. The zero-order chi connectivity index (χ0) is 13.1. The Morgan fingerprint density at radius 3 is 2.83 bits per heavy atom. The summed E-state index contributed by atoms with van der Waals surface area (Å²) < 4.78 is 23.4. The molecule has 0 saturated heterocycles. The van der Waals surface area contributed by atoms with Gasteiger partial charge in [0.05, 0.1) is 18.9 Å². The predicted molar refractivity (Wildman–Crippen MR) is 67.3 cm³/mol. The smallest absolute Gasteiger partial charge is 0.260 e. The number of anilines is 1. The third-order valence-electron chi connectivity index (χ3n) is 2.23. The summed E-state index contributed by atoms with van der Waals surface area (Å²) in [6, 6.07) is 5.46. The van der Waals surface area contributed by atoms with Crippen molar-refractivity contribution in [2.45, 2.75) is 0 Å². The van der Waals surface area contributed by atoms with Crippen LogP contribution in [0.25, 0.3) is 0 Å². The summed E-state index contributed by atoms with van der Waals surface area (Å²) in [6.07, 6.45) is 1.38. The van der Waals surface area contributed by atoms with E-state index in [0.29, 0.717) is 21.7 Å². The Balaban J connectivity index is 2.22. The molecule has 1 aromatic carbocycles. The van der Waals surface area contributed by atoms with Gasteiger partial charge >= 0.3 is 0 Å². The third kappa shape index (κ3) is 2.70. The fraction of sp³-hybridized carbons (Fsp3) is 0.0833. The molecule has 0 saturated carbocycles. The van der Waals surface area contributed by atoms with Crippen LogP contribution in [-0.4, -0.2) is 13.0 Å². The summed E-state index contributed by atoms with van der Waals surface area (Å²) in [7, 11) is 1.42. The number of nitrogens with one attached hydrogen (secondary N) is 1. The van der Waals surface area contributed by atoms with Gasteiger partial charge in [-0.25, -0.2) is 4.39 Å². The second-order valence-corrected chi connectivity index (χ2v) is 4.16. The molecule has 0 fully saturated rings. The minimum Gasteiger partial charge on any atom is -0.497 e. The molecule has 6 heteroatoms. The molecule has 1 heterocycles. The van der Waals surface area contributed by atoms with E-state index in [4.69, 9.17) is 9.15 Å². The lowest BCUT2D eigenvalue weighted by atomic mass is 10.2. The van der Waals surface area contributed by atoms with Crippen LogP contribution in [0.2, 0.25) is 0 Å². The van der Waals surface area contributed by atoms with Gasteiger partial charge in [-0.2, -0.15) is 0 Å². The van der Waals surface area contributed by atoms with Crippen molar-refractivity contribution in [3.63, 3.8) is 0 Å². The Labute approximate surface area is 111 Å². The first-order valence-electron chi connectivity index (χ1n) is 4.99. The molecular formula is C12H9BrFNO3. The number of hydrogen-bond acceptors (Lipinski definition) is 3. The summed E-state index contributed by atoms with van der Waals surface area (Å²) in [6.45, 7) is 0. The molecule has 2 rings (SSSR count). The maximum atomic E-state index is 13.2. The number of methoxy groups -OCH3 is 1. The molecule has 0 radical (unpaired) electrons. The molecule has 18 heavy (non-hydrogen) atoms. The number of halogens is 2. The predicted octanol–water partition coefficient (Wildman–Crippen LogP) is 3.44. The summed E-state index contributed by atoms with van der Waals surface area (Å²) in [5, 5.41) is 2.55. The molecule has 0 aliphatic heterocycles. The van der Waals surface area contributed by atoms with Crippen molar-refractivity contribution in [1.29, 1.82) is 0 Å². The minimum atomic E-state index is -0.490. The highest BCUT2D eigenvalue weighted by Gasteiger charge is 2.13. The van der Waals surface area contributed by atoms with Crippen molar-refractivity contribution >= 4 is 27.5 Å². The molecule has 0 bridgehead atoms. The van der Waals surface area contributed by atoms with Crippen LogP contribution in [-0.2, 0) is 0 Å². The number of furan rings is 1. The Morgan fingerprint density at radius 2 is 2.22 bits per heavy atom. The summed E-state index contributed by atoms with van der Waals surface area (Å²) in [5.41, 5.74) is 0.642. The van der Waals surface area contributed by atoms with Gasteiger partial charge in [0.1, 0.15) is 11.6 Å². The van der Waals surface area contributed by atoms with Gasteiger partial charge in [0, 0.05) is 17.8 Å². The Morgan fingerprint density at radius 1 is 1.44 bits per heavy atom. The fourth-order valence-corrected chi connectivity index (χ4v) is 1.83. The van der Waals surface area contributed by atoms with Crippen LogP contribution >= 0.6 is 15.9 Å². The quantitative estimate of drug-likeness (QED) is 0.944. The lowest BCUT2D eigenvalue weighted by Gasteiger charge is -2.06. The van der Waals surface area contributed by atoms with Crippen molar-refractivity contribution in [3.8, 4) is 5.75 Å². The lowest BCUT2D eigenvalue weighted by molar-refractivity contribution is 0.102. The van der Waals surface area contributed by atoms with Crippen LogP contribution in [0.5, 0.6) is 5.75 Å². The summed E-state index contributed by atoms with van der Waals surface area (Å²) in [5.74, 6) is -0.559. The van der Waals surface area contributed by atoms with Gasteiger partial charge in [0.2, 0.25) is 0 Å². The highest BCUT2D eigenvalue weighted by molar-refractivity contribution is 9.10. The SMILES string of the molecule is COc1cc(F)cc(NC(=O)c2ccoc2Br)c1. The largest absolute Gasteiger partial charge is 0.497 e. The molecule has 2 aromatic rings. The molecule has 4 nitrogen and oxygen atoms in total. The second kappa shape index (κ2) is 5.22. The van der Waals surface area contributed by atoms with E-state index in [1.807, 2.05) is 0 Å². The van der Waals surface area contributed by atoms with Gasteiger partial charge in [0.15, 0.2) is 4.67 Å². The van der Waals surface area contributed by atoms with Crippen LogP contribution in [0.4, 0.5) is 10.1 Å². The van der Waals surface area contributed by atoms with Crippen LogP contribution in [0.3, 0.4) is 0 Å². The second-order valence-electron chi connectivity index (χ2n) is 3.44. The van der Waals surface area contributed by atoms with E-state index >= 15 is 0 Å². The van der Waals surface area contributed by atoms with E-state index in [1.165, 1.54) is 37.6 Å². The van der Waals surface area contributed by atoms with Crippen LogP contribution in [0, 0.1) is 5.82 Å². The van der Waals surface area contributed by atoms with E-state index in [2.05, 4.69) is 21.2 Å². The number of ether oxygens (including phenoxy) is 1. The Hall–Kier alpha value is -1.82. The molecular weight excluding hydrogens is 305 g/mol. The zero-order valence-electron chi connectivity index (χ0n) is 9.37. The lowest BCUT2D eigenvalue weighted by Crippen LogP contribution is -2.11. The third-order valence-corrected chi connectivity index (χ3v) is 2.84. The first-order valence-corrected chi connectivity index (χ1v) is 5.78. The van der Waals surface area contributed by atoms with Gasteiger partial charge in [-0.05, 0) is 28.1 Å². The molecule has 0 spiro atoms. The number of amides is 1. The monoisotopic (exact) mass is 313 g/mol. The van der Waals surface area contributed by atoms with E-state index in [1.54, 1.807) is 0 Å². The van der Waals surface area contributed by atoms with Crippen LogP contribution in [0.1, 0.15) is 10.4 Å². The van der Waals surface area contributed by atoms with Crippen LogP contribution < -0.4 is 10.1 Å². The summed E-state index contributed by atoms with van der Waals surface area (Å²) in [4.78, 5) is 11.8. The first kappa shape index (κ1) is 12.6. The molecule has 0 atom stereocenters. The van der Waals surface area contributed by atoms with Gasteiger partial charge in [-0.15, -0.1) is 0 Å². The highest BCUT2D eigenvalue weighted by atomic mass is 79.9. The maximum absolute atomic E-state index is 13.2. The first-order chi connectivity index (χ1) is 8.60. The average molecular weight is 314 g/mol. The van der Waals surface area contributed by atoms with E-state index in [-0.39, 0.29) is 0 Å². The molecule has 1 amide bonds. The normalized spacial score (nSPS) is 10.2. The topological polar surface area (TPSA) is 51.5 Å². The average Bonchev–Trinajstić information content (AvgIpc) is 2.74. The van der Waals surface area contributed by atoms with E-state index < -0.39 is 11.7 Å². The van der Waals surface area contributed by atoms with Gasteiger partial charge in [-0.1, -0.05) is 0 Å². The van der Waals surface area contributed by atoms with Crippen LogP contribution in [0.15, 0.2) is 39.6 Å². The molecule has 1 N–H and O–H groups in total. The molecule has 0 aliphatic rings. The summed E-state index contributed by atoms with van der Waals surface area (Å²) >= 11 is 3.10. The molecule has 1 aromatic heterocycles. The fourth-order valence-electron chi connectivity index (χ4n) is 1.41. The van der Waals surface area contributed by atoms with E-state index in [9.17, 15) is 9.18 Å². The number of rotatable bonds is 3. The van der Waals surface area contributed by atoms with Crippen molar-refractivity contribution in [2.75, 3.05) is 12.4 Å². The number of benzene rings is 1.